The van der Waals surface area contributed by atoms with Crippen molar-refractivity contribution in [2.45, 2.75) is 39.0 Å². The van der Waals surface area contributed by atoms with Gasteiger partial charge >= 0.3 is 0 Å². The summed E-state index contributed by atoms with van der Waals surface area (Å²) in [5, 5.41) is 3.28. The van der Waals surface area contributed by atoms with Gasteiger partial charge in [-0.25, -0.2) is 9.97 Å². The molecule has 0 spiro atoms. The number of nitrogens with one attached hydrogen (secondary N) is 1. The van der Waals surface area contributed by atoms with Crippen LogP contribution in [0.2, 0.25) is 0 Å². The predicted octanol–water partition coefficient (Wildman–Crippen LogP) is 5.03. The van der Waals surface area contributed by atoms with Crippen LogP contribution in [-0.2, 0) is 12.8 Å². The van der Waals surface area contributed by atoms with Crippen molar-refractivity contribution in [1.29, 1.82) is 0 Å². The number of hydrogen-bond acceptors (Lipinski definition) is 7. The summed E-state index contributed by atoms with van der Waals surface area (Å²) in [6.07, 6.45) is 1.98. The fourth-order valence-electron chi connectivity index (χ4n) is 4.36. The topological polar surface area (TPSA) is 82.6 Å². The van der Waals surface area contributed by atoms with E-state index in [-0.39, 0.29) is 11.7 Å². The molecule has 0 radical (unpaired) electrons. The van der Waals surface area contributed by atoms with E-state index in [1.165, 1.54) is 5.56 Å². The maximum atomic E-state index is 13.1. The highest BCUT2D eigenvalue weighted by Crippen LogP contribution is 2.43. The number of carbonyl (C=O) groups is 1. The van der Waals surface area contributed by atoms with Crippen molar-refractivity contribution in [3.63, 3.8) is 0 Å². The van der Waals surface area contributed by atoms with Gasteiger partial charge in [0.25, 0.3) is 0 Å². The number of ketones is 1. The van der Waals surface area contributed by atoms with Crippen LogP contribution >= 0.6 is 0 Å². The number of ether oxygens (including phenoxy) is 3. The number of fused-ring (bicyclic) bond motifs is 1. The average molecular weight is 448 g/mol. The van der Waals surface area contributed by atoms with E-state index >= 15 is 0 Å². The molecule has 0 unspecified atom stereocenters. The Balaban J connectivity index is 1.66. The van der Waals surface area contributed by atoms with Crippen LogP contribution in [0.15, 0.2) is 36.4 Å². The highest BCUT2D eigenvalue weighted by molar-refractivity contribution is 5.99. The van der Waals surface area contributed by atoms with Gasteiger partial charge < -0.3 is 19.5 Å². The summed E-state index contributed by atoms with van der Waals surface area (Å²) in [6, 6.07) is 12.0. The van der Waals surface area contributed by atoms with Crippen LogP contribution in [0.25, 0.3) is 0 Å². The van der Waals surface area contributed by atoms with Gasteiger partial charge in [0.2, 0.25) is 11.7 Å². The summed E-state index contributed by atoms with van der Waals surface area (Å²) in [5.74, 6) is 2.17. The molecule has 33 heavy (non-hydrogen) atoms. The molecule has 0 amide bonds. The Bertz CT molecular complexity index is 1150. The summed E-state index contributed by atoms with van der Waals surface area (Å²) in [7, 11) is 4.75. The molecule has 0 bridgehead atoms. The molecule has 1 N–H and O–H groups in total. The monoisotopic (exact) mass is 447 g/mol. The zero-order valence-electron chi connectivity index (χ0n) is 19.7. The third-order valence-electron chi connectivity index (χ3n) is 6.09. The quantitative estimate of drug-likeness (QED) is 0.544. The Morgan fingerprint density at radius 1 is 0.970 bits per heavy atom. The van der Waals surface area contributed by atoms with Crippen molar-refractivity contribution in [1.82, 2.24) is 9.97 Å². The van der Waals surface area contributed by atoms with Crippen LogP contribution in [0.5, 0.6) is 17.2 Å². The van der Waals surface area contributed by atoms with Gasteiger partial charge in [-0.3, -0.25) is 4.79 Å². The van der Waals surface area contributed by atoms with Gasteiger partial charge in [-0.2, -0.15) is 0 Å². The van der Waals surface area contributed by atoms with Crippen molar-refractivity contribution in [3.8, 4) is 17.2 Å². The van der Waals surface area contributed by atoms with Gasteiger partial charge in [0.05, 0.1) is 38.3 Å². The first-order valence-electron chi connectivity index (χ1n) is 11.0. The van der Waals surface area contributed by atoms with Gasteiger partial charge in [0.1, 0.15) is 0 Å². The number of aryl methyl sites for hydroxylation is 2. The lowest BCUT2D eigenvalue weighted by Crippen LogP contribution is -2.23. The van der Waals surface area contributed by atoms with Crippen molar-refractivity contribution >= 4 is 17.4 Å². The van der Waals surface area contributed by atoms with E-state index in [1.54, 1.807) is 21.3 Å². The molecule has 172 valence electrons. The lowest BCUT2D eigenvalue weighted by Gasteiger charge is -2.26. The number of benzene rings is 2. The van der Waals surface area contributed by atoms with E-state index in [9.17, 15) is 4.79 Å². The number of Topliss-reactive ketones (excluding diaryl/α,β-unsaturated/α-hetero) is 1. The Hall–Kier alpha value is -3.61. The number of carbonyl (C=O) groups excluding carboxylic acids is 1. The molecule has 4 rings (SSSR count). The van der Waals surface area contributed by atoms with Crippen molar-refractivity contribution in [3.05, 3.63) is 64.5 Å². The lowest BCUT2D eigenvalue weighted by molar-refractivity contribution is 0.0962. The van der Waals surface area contributed by atoms with Crippen LogP contribution in [0.3, 0.4) is 0 Å². The van der Waals surface area contributed by atoms with Crippen molar-refractivity contribution in [2.75, 3.05) is 26.6 Å². The first-order valence-corrected chi connectivity index (χ1v) is 11.0. The maximum absolute atomic E-state index is 13.1. The van der Waals surface area contributed by atoms with Gasteiger partial charge in [-0.05, 0) is 61.1 Å². The third kappa shape index (κ3) is 4.49. The predicted molar refractivity (Wildman–Crippen MR) is 127 cm³/mol. The van der Waals surface area contributed by atoms with E-state index in [0.29, 0.717) is 47.3 Å². The molecule has 7 heteroatoms. The number of nitrogens with zero attached hydrogens (tertiary/aromatic N) is 2. The Morgan fingerprint density at radius 3 is 2.21 bits per heavy atom. The molecular formula is C26H29N3O4. The van der Waals surface area contributed by atoms with Crippen molar-refractivity contribution < 1.29 is 19.0 Å². The van der Waals surface area contributed by atoms with Crippen LogP contribution in [0.1, 0.15) is 52.1 Å². The van der Waals surface area contributed by atoms with Gasteiger partial charge in [0, 0.05) is 12.1 Å². The SMILES string of the molecule is CCc1ccc(Nc2nc(C)c3c(n2)C[C@H](c2cc(OC)c(OC)c(OC)c2)CC3=O)cc1. The molecule has 7 nitrogen and oxygen atoms in total. The van der Waals surface area contributed by atoms with Gasteiger partial charge in [-0.1, -0.05) is 19.1 Å². The molecule has 3 aromatic rings. The summed E-state index contributed by atoms with van der Waals surface area (Å²) in [4.78, 5) is 22.4. The van der Waals surface area contributed by atoms with E-state index in [2.05, 4.69) is 29.4 Å². The molecule has 2 aromatic carbocycles. The minimum absolute atomic E-state index is 0.0475. The molecule has 1 heterocycles. The molecule has 0 aliphatic heterocycles. The van der Waals surface area contributed by atoms with Crippen LogP contribution in [0.4, 0.5) is 11.6 Å². The smallest absolute Gasteiger partial charge is 0.227 e. The Labute approximate surface area is 194 Å². The fourth-order valence-corrected chi connectivity index (χ4v) is 4.36. The normalized spacial score (nSPS) is 15.1. The summed E-state index contributed by atoms with van der Waals surface area (Å²) in [6.45, 7) is 3.99. The second-order valence-electron chi connectivity index (χ2n) is 8.12. The Kier molecular flexibility index (Phi) is 6.49. The minimum Gasteiger partial charge on any atom is -0.493 e. The van der Waals surface area contributed by atoms with E-state index in [1.807, 2.05) is 31.2 Å². The largest absolute Gasteiger partial charge is 0.493 e. The standard InChI is InChI=1S/C26H29N3O4/c1-6-16-7-9-19(10-8-16)28-26-27-15(2)24-20(29-26)11-17(12-21(24)30)18-13-22(31-3)25(33-5)23(14-18)32-4/h7-10,13-14,17H,6,11-12H2,1-5H3,(H,27,28,29)/t17-/m0/s1. The molecule has 0 fully saturated rings. The zero-order chi connectivity index (χ0) is 23.5. The van der Waals surface area contributed by atoms with E-state index in [0.717, 1.165) is 23.4 Å². The summed E-state index contributed by atoms with van der Waals surface area (Å²) < 4.78 is 16.4. The first kappa shape index (κ1) is 22.6. The van der Waals surface area contributed by atoms with Gasteiger partial charge in [0.15, 0.2) is 17.3 Å². The molecule has 0 saturated heterocycles. The van der Waals surface area contributed by atoms with E-state index in [4.69, 9.17) is 19.2 Å². The number of hydrogen-bond donors (Lipinski definition) is 1. The molecule has 0 saturated carbocycles. The zero-order valence-corrected chi connectivity index (χ0v) is 19.7. The van der Waals surface area contributed by atoms with Crippen LogP contribution in [0, 0.1) is 6.92 Å². The van der Waals surface area contributed by atoms with Gasteiger partial charge in [-0.15, -0.1) is 0 Å². The minimum atomic E-state index is -0.0512. The highest BCUT2D eigenvalue weighted by Gasteiger charge is 2.31. The molecule has 1 aliphatic rings. The summed E-state index contributed by atoms with van der Waals surface area (Å²) in [5.41, 5.74) is 5.21. The van der Waals surface area contributed by atoms with Crippen molar-refractivity contribution in [2.24, 2.45) is 0 Å². The number of aromatic nitrogens is 2. The average Bonchev–Trinajstić information content (AvgIpc) is 2.82. The molecule has 1 aromatic heterocycles. The van der Waals surface area contributed by atoms with Crippen LogP contribution in [-0.4, -0.2) is 37.1 Å². The molecular weight excluding hydrogens is 418 g/mol. The number of rotatable bonds is 7. The third-order valence-corrected chi connectivity index (χ3v) is 6.09. The Morgan fingerprint density at radius 2 is 1.64 bits per heavy atom. The molecule has 1 aliphatic carbocycles. The second-order valence-corrected chi connectivity index (χ2v) is 8.12. The van der Waals surface area contributed by atoms with E-state index < -0.39 is 0 Å². The van der Waals surface area contributed by atoms with Crippen LogP contribution < -0.4 is 19.5 Å². The number of methoxy groups -OCH3 is 3. The maximum Gasteiger partial charge on any atom is 0.227 e. The highest BCUT2D eigenvalue weighted by atomic mass is 16.5. The molecule has 1 atom stereocenters. The first-order chi connectivity index (χ1) is 16.0. The second kappa shape index (κ2) is 9.48. The summed E-state index contributed by atoms with van der Waals surface area (Å²) >= 11 is 0. The fraction of sp³-hybridized carbons (Fsp3) is 0.346. The number of anilines is 2. The lowest BCUT2D eigenvalue weighted by atomic mass is 9.81.